The Labute approximate surface area is 118 Å². The fraction of sp³-hybridized carbons (Fsp3) is 1.00. The first-order chi connectivity index (χ1) is 8.54. The summed E-state index contributed by atoms with van der Waals surface area (Å²) in [5.41, 5.74) is 0. The van der Waals surface area contributed by atoms with Gasteiger partial charge in [-0.2, -0.15) is 0 Å². The molecule has 0 atom stereocenters. The molecule has 0 aliphatic carbocycles. The van der Waals surface area contributed by atoms with Crippen molar-refractivity contribution in [2.75, 3.05) is 24.6 Å². The van der Waals surface area contributed by atoms with E-state index in [-0.39, 0.29) is 0 Å². The van der Waals surface area contributed by atoms with E-state index in [0.29, 0.717) is 0 Å². The number of unbranched alkanes of at least 4 members (excludes halogenated alkanes) is 4. The van der Waals surface area contributed by atoms with Gasteiger partial charge in [-0.05, 0) is 0 Å². The van der Waals surface area contributed by atoms with Crippen molar-refractivity contribution in [1.82, 2.24) is 0 Å². The van der Waals surface area contributed by atoms with Gasteiger partial charge in [0.25, 0.3) is 0 Å². The van der Waals surface area contributed by atoms with E-state index in [1.807, 2.05) is 0 Å². The van der Waals surface area contributed by atoms with E-state index in [9.17, 15) is 0 Å². The van der Waals surface area contributed by atoms with Crippen molar-refractivity contribution >= 4 is 14.0 Å². The van der Waals surface area contributed by atoms with Gasteiger partial charge in [-0.3, -0.25) is 0 Å². The molecule has 0 aliphatic heterocycles. The second-order valence-electron chi connectivity index (χ2n) is 6.38. The van der Waals surface area contributed by atoms with Crippen LogP contribution in [0, 0.1) is 0 Å². The Morgan fingerprint density at radius 2 is 0.778 bits per heavy atom. The summed E-state index contributed by atoms with van der Waals surface area (Å²) in [4.78, 5) is 0. The summed E-state index contributed by atoms with van der Waals surface area (Å²) >= 11 is 0. The molecule has 0 bridgehead atoms. The van der Waals surface area contributed by atoms with Crippen LogP contribution >= 0.6 is 6.48 Å². The Morgan fingerprint density at radius 1 is 0.556 bits per heavy atom. The Balaban J connectivity index is 4.82. The molecule has 0 nitrogen and oxygen atoms in total. The van der Waals surface area contributed by atoms with Gasteiger partial charge in [0, 0.05) is 0 Å². The van der Waals surface area contributed by atoms with Crippen LogP contribution in [0.1, 0.15) is 79.1 Å². The van der Waals surface area contributed by atoms with Gasteiger partial charge in [-0.1, -0.05) is 0 Å². The first kappa shape index (κ1) is 18.5. The zero-order chi connectivity index (χ0) is 13.9. The molecule has 0 rings (SSSR count). The monoisotopic (exact) mass is 270 g/mol. The van der Waals surface area contributed by atoms with Gasteiger partial charge in [0.1, 0.15) is 0 Å². The summed E-state index contributed by atoms with van der Waals surface area (Å²) in [5.74, 6) is 0. The molecule has 0 spiro atoms. The molecule has 0 amide bonds. The molecule has 0 unspecified atom stereocenters. The van der Waals surface area contributed by atoms with E-state index in [1.54, 1.807) is 0 Å². The van der Waals surface area contributed by atoms with Crippen molar-refractivity contribution in [2.24, 2.45) is 0 Å². The Hall–Kier alpha value is 0.495. The van der Waals surface area contributed by atoms with Gasteiger partial charge >= 0.3 is 118 Å². The minimum atomic E-state index is -1.86. The van der Waals surface area contributed by atoms with Crippen LogP contribution < -0.4 is 0 Å². The number of hydrogen-bond acceptors (Lipinski definition) is 0. The Kier molecular flexibility index (Phi) is 9.67. The van der Waals surface area contributed by atoms with Gasteiger partial charge in [0.05, 0.1) is 0 Å². The quantitative estimate of drug-likeness (QED) is 0.309. The first-order valence-electron chi connectivity index (χ1n) is 8.35. The van der Waals surface area contributed by atoms with Gasteiger partial charge in [0.2, 0.25) is 0 Å². The van der Waals surface area contributed by atoms with Crippen LogP contribution in [0.15, 0.2) is 0 Å². The van der Waals surface area contributed by atoms with Crippen LogP contribution in [-0.4, -0.2) is 32.2 Å². The van der Waals surface area contributed by atoms with Crippen LogP contribution in [0.5, 0.6) is 0 Å². The molecular formula is C16H36BP. The van der Waals surface area contributed by atoms with E-state index in [2.05, 4.69) is 27.7 Å². The molecule has 0 fully saturated rings. The molecule has 0 aromatic carbocycles. The molecule has 0 aromatic rings. The average Bonchev–Trinajstić information content (AvgIpc) is 2.40. The summed E-state index contributed by atoms with van der Waals surface area (Å²) in [6.07, 6.45) is 16.1. The molecule has 18 heavy (non-hydrogen) atoms. The number of hydrogen-bond donors (Lipinski definition) is 0. The predicted octanol–water partition coefficient (Wildman–Crippen LogP) is 5.82. The van der Waals surface area contributed by atoms with Crippen LogP contribution in [0.25, 0.3) is 0 Å². The molecule has 2 radical (unpaired) electrons. The van der Waals surface area contributed by atoms with Crippen molar-refractivity contribution in [2.45, 2.75) is 79.1 Å². The molecular weight excluding hydrogens is 234 g/mol. The molecule has 0 saturated carbocycles. The summed E-state index contributed by atoms with van der Waals surface area (Å²) in [5, 5.41) is 0. The molecule has 108 valence electrons. The topological polar surface area (TPSA) is 0 Å². The average molecular weight is 270 g/mol. The van der Waals surface area contributed by atoms with E-state index in [1.165, 1.54) is 76.0 Å². The van der Waals surface area contributed by atoms with Crippen LogP contribution in [0.3, 0.4) is 0 Å². The summed E-state index contributed by atoms with van der Waals surface area (Å²) in [6.45, 7) is 7.36. The third-order valence-corrected chi connectivity index (χ3v) is 10.6. The molecule has 2 heteroatoms. The fourth-order valence-electron chi connectivity index (χ4n) is 3.01. The second-order valence-corrected chi connectivity index (χ2v) is 12.3. The minimum absolute atomic E-state index is 1.31. The zero-order valence-corrected chi connectivity index (χ0v) is 14.4. The maximum absolute atomic E-state index is 7.20. The van der Waals surface area contributed by atoms with Gasteiger partial charge in [0.15, 0.2) is 0 Å². The fourth-order valence-corrected chi connectivity index (χ4v) is 9.03. The molecule has 0 heterocycles. The maximum atomic E-state index is 7.20. The second kappa shape index (κ2) is 9.41. The van der Waals surface area contributed by atoms with Crippen molar-refractivity contribution in [3.8, 4) is 0 Å². The standard InChI is InChI=1S/C16H36BP/c1-5-9-13-18(17,14-10-6-2,15-11-7-3)16-12-8-4/h5-16H2,1-4H3. The van der Waals surface area contributed by atoms with Crippen molar-refractivity contribution in [1.29, 1.82) is 0 Å². The molecule has 0 N–H and O–H groups in total. The molecule has 0 aliphatic rings. The summed E-state index contributed by atoms with van der Waals surface area (Å²) in [7, 11) is 7.20. The van der Waals surface area contributed by atoms with E-state index in [0.717, 1.165) is 0 Å². The van der Waals surface area contributed by atoms with Gasteiger partial charge in [-0.25, -0.2) is 0 Å². The van der Waals surface area contributed by atoms with E-state index in [4.69, 9.17) is 7.57 Å². The SMILES string of the molecule is [B]P(CCCC)(CCCC)(CCCC)CCCC. The summed E-state index contributed by atoms with van der Waals surface area (Å²) in [6, 6.07) is 0. The van der Waals surface area contributed by atoms with Crippen molar-refractivity contribution < 1.29 is 0 Å². The van der Waals surface area contributed by atoms with E-state index < -0.39 is 6.48 Å². The third kappa shape index (κ3) is 6.60. The van der Waals surface area contributed by atoms with Crippen LogP contribution in [0.4, 0.5) is 0 Å². The normalized spacial score (nSPS) is 14.3. The predicted molar refractivity (Wildman–Crippen MR) is 91.8 cm³/mol. The van der Waals surface area contributed by atoms with Crippen molar-refractivity contribution in [3.05, 3.63) is 0 Å². The third-order valence-electron chi connectivity index (χ3n) is 4.46. The Morgan fingerprint density at radius 3 is 0.944 bits per heavy atom. The first-order valence-corrected chi connectivity index (χ1v) is 11.4. The van der Waals surface area contributed by atoms with Crippen LogP contribution in [0.2, 0.25) is 0 Å². The molecule has 0 saturated heterocycles. The Bertz CT molecular complexity index is 160. The van der Waals surface area contributed by atoms with Gasteiger partial charge < -0.3 is 0 Å². The van der Waals surface area contributed by atoms with Crippen molar-refractivity contribution in [3.63, 3.8) is 0 Å². The summed E-state index contributed by atoms with van der Waals surface area (Å²) < 4.78 is 0. The molecule has 0 aromatic heterocycles. The zero-order valence-electron chi connectivity index (χ0n) is 13.5. The van der Waals surface area contributed by atoms with E-state index >= 15 is 0 Å². The van der Waals surface area contributed by atoms with Crippen LogP contribution in [-0.2, 0) is 0 Å². The van der Waals surface area contributed by atoms with Gasteiger partial charge in [-0.15, -0.1) is 0 Å². The number of rotatable bonds is 12.